The number of carbonyl (C=O) groups excluding carboxylic acids is 6. The highest BCUT2D eigenvalue weighted by molar-refractivity contribution is 5.93. The van der Waals surface area contributed by atoms with Crippen LogP contribution in [-0.4, -0.2) is 118 Å². The number of hydrogen-bond acceptors (Lipinski definition) is 12. The van der Waals surface area contributed by atoms with E-state index in [1.54, 1.807) is 64.1 Å². The predicted molar refractivity (Wildman–Crippen MR) is 218 cm³/mol. The summed E-state index contributed by atoms with van der Waals surface area (Å²) in [5.41, 5.74) is 4.10. The van der Waals surface area contributed by atoms with Crippen molar-refractivity contribution in [2.24, 2.45) is 17.8 Å². The topological polar surface area (TPSA) is 224 Å². The number of likely N-dealkylation sites (N-methyl/N-ethyl adjacent to an activating group) is 1. The van der Waals surface area contributed by atoms with Crippen molar-refractivity contribution in [1.29, 1.82) is 0 Å². The van der Waals surface area contributed by atoms with E-state index < -0.39 is 83.8 Å². The van der Waals surface area contributed by atoms with Gasteiger partial charge < -0.3 is 35.5 Å². The van der Waals surface area contributed by atoms with Crippen molar-refractivity contribution < 1.29 is 53.7 Å². The second-order valence-corrected chi connectivity index (χ2v) is 15.4. The maximum absolute atomic E-state index is 14.3. The van der Waals surface area contributed by atoms with E-state index in [0.717, 1.165) is 5.06 Å². The summed E-state index contributed by atoms with van der Waals surface area (Å²) in [5, 5.41) is 40.5. The molecule has 0 aromatic heterocycles. The summed E-state index contributed by atoms with van der Waals surface area (Å²) in [4.78, 5) is 85.2. The minimum atomic E-state index is -1.43. The van der Waals surface area contributed by atoms with E-state index in [4.69, 9.17) is 9.57 Å². The van der Waals surface area contributed by atoms with E-state index in [9.17, 15) is 44.1 Å². The van der Waals surface area contributed by atoms with Crippen LogP contribution in [0.15, 0.2) is 72.4 Å². The molecule has 1 aromatic rings. The molecule has 324 valence electrons. The molecular formula is C43H61N5O11. The van der Waals surface area contributed by atoms with Crippen molar-refractivity contribution in [1.82, 2.24) is 26.1 Å². The molecule has 0 aliphatic carbocycles. The minimum absolute atomic E-state index is 0.0324. The normalized spacial score (nSPS) is 27.1. The number of carbonyl (C=O) groups is 6. The lowest BCUT2D eigenvalue weighted by molar-refractivity contribution is -0.162. The molecule has 0 saturated carbocycles. The molecule has 16 nitrogen and oxygen atoms in total. The highest BCUT2D eigenvalue weighted by Gasteiger charge is 2.38. The highest BCUT2D eigenvalue weighted by Crippen LogP contribution is 2.24. The number of Topliss-reactive ketones (excluding diaryl/α,β-unsaturated/α-hetero) is 1. The predicted octanol–water partition coefficient (Wildman–Crippen LogP) is 2.35. The van der Waals surface area contributed by atoms with Crippen molar-refractivity contribution in [3.8, 4) is 5.75 Å². The number of nitrogens with one attached hydrogen (secondary N) is 3. The summed E-state index contributed by atoms with van der Waals surface area (Å²) in [6, 6.07) is 2.87. The Morgan fingerprint density at radius 1 is 1.08 bits per heavy atom. The van der Waals surface area contributed by atoms with E-state index in [0.29, 0.717) is 24.0 Å². The Hall–Kier alpha value is -5.16. The summed E-state index contributed by atoms with van der Waals surface area (Å²) < 4.78 is 6.00. The van der Waals surface area contributed by atoms with E-state index >= 15 is 0 Å². The van der Waals surface area contributed by atoms with Crippen LogP contribution in [0.25, 0.3) is 0 Å². The first-order valence-electron chi connectivity index (χ1n) is 20.0. The maximum atomic E-state index is 14.3. The van der Waals surface area contributed by atoms with E-state index in [2.05, 4.69) is 16.1 Å². The molecule has 4 amide bonds. The third kappa shape index (κ3) is 14.9. The molecule has 6 N–H and O–H groups in total. The molecule has 1 saturated heterocycles. The summed E-state index contributed by atoms with van der Waals surface area (Å²) in [5.74, 6) is -5.85. The first kappa shape index (κ1) is 48.2. The number of hydroxylamine groups is 2. The number of cyclic esters (lactones) is 1. The first-order valence-corrected chi connectivity index (χ1v) is 20.0. The Kier molecular flexibility index (Phi) is 19.2. The van der Waals surface area contributed by atoms with Crippen LogP contribution in [0.5, 0.6) is 5.75 Å². The number of aliphatic hydroxyl groups is 2. The van der Waals surface area contributed by atoms with Crippen molar-refractivity contribution in [2.75, 3.05) is 20.7 Å². The SMILES string of the molecule is CON(C)C(=O)C=CC=C(C)[C@@H]1CC=CC=C[C@H](O)[C@H](C)[C@@H](O)[C@@H](CCC(C)=O)C(=O)N[C@@H](C(C)C)C(=O)N[C@@H](Cc2cccc(O)c2)C(=O)N2CCCC(N2)C(=O)O1. The quantitative estimate of drug-likeness (QED) is 0.0867. The van der Waals surface area contributed by atoms with Gasteiger partial charge in [-0.05, 0) is 62.3 Å². The molecule has 1 fully saturated rings. The van der Waals surface area contributed by atoms with Gasteiger partial charge in [0.1, 0.15) is 35.8 Å². The monoisotopic (exact) mass is 823 g/mol. The number of phenolic OH excluding ortho intramolecular Hbond substituents is 1. The molecule has 2 bridgehead atoms. The van der Waals surface area contributed by atoms with Crippen LogP contribution < -0.4 is 16.1 Å². The van der Waals surface area contributed by atoms with Crippen molar-refractivity contribution >= 4 is 35.4 Å². The number of ether oxygens (including phenoxy) is 1. The number of benzene rings is 1. The average molecular weight is 824 g/mol. The molecule has 2 aliphatic rings. The Morgan fingerprint density at radius 3 is 2.47 bits per heavy atom. The number of fused-ring (bicyclic) bond motifs is 2. The molecule has 1 unspecified atom stereocenters. The summed E-state index contributed by atoms with van der Waals surface area (Å²) >= 11 is 0. The van der Waals surface area contributed by atoms with Crippen molar-refractivity contribution in [3.63, 3.8) is 0 Å². The van der Waals surface area contributed by atoms with Crippen LogP contribution in [-0.2, 0) is 44.8 Å². The van der Waals surface area contributed by atoms with E-state index in [-0.39, 0.29) is 43.8 Å². The van der Waals surface area contributed by atoms with Gasteiger partial charge in [0, 0.05) is 44.8 Å². The van der Waals surface area contributed by atoms with Crippen LogP contribution >= 0.6 is 0 Å². The van der Waals surface area contributed by atoms with Crippen LogP contribution in [0.4, 0.5) is 0 Å². The number of esters is 1. The van der Waals surface area contributed by atoms with Crippen LogP contribution in [0.2, 0.25) is 0 Å². The van der Waals surface area contributed by atoms with Gasteiger partial charge in [0.15, 0.2) is 0 Å². The number of ketones is 1. The number of aromatic hydroxyl groups is 1. The Labute approximate surface area is 346 Å². The summed E-state index contributed by atoms with van der Waals surface area (Å²) in [6.07, 6.45) is 8.11. The number of aliphatic hydroxyl groups excluding tert-OH is 2. The third-order valence-electron chi connectivity index (χ3n) is 10.4. The lowest BCUT2D eigenvalue weighted by Crippen LogP contribution is -2.62. The van der Waals surface area contributed by atoms with Gasteiger partial charge in [0.05, 0.1) is 25.2 Å². The molecular weight excluding hydrogens is 762 g/mol. The number of rotatable bonds is 10. The lowest BCUT2D eigenvalue weighted by Gasteiger charge is -2.36. The van der Waals surface area contributed by atoms with Gasteiger partial charge in [-0.2, -0.15) is 0 Å². The zero-order chi connectivity index (χ0) is 43.8. The zero-order valence-corrected chi connectivity index (χ0v) is 35.0. The summed E-state index contributed by atoms with van der Waals surface area (Å²) in [6.45, 7) is 8.26. The second kappa shape index (κ2) is 23.4. The van der Waals surface area contributed by atoms with Crippen molar-refractivity contribution in [3.05, 3.63) is 77.9 Å². The molecule has 8 atom stereocenters. The third-order valence-corrected chi connectivity index (χ3v) is 10.4. The molecule has 0 spiro atoms. The Morgan fingerprint density at radius 2 is 1.81 bits per heavy atom. The first-order chi connectivity index (χ1) is 27.9. The molecule has 0 radical (unpaired) electrons. The maximum Gasteiger partial charge on any atom is 0.325 e. The summed E-state index contributed by atoms with van der Waals surface area (Å²) in [7, 11) is 2.81. The molecule has 59 heavy (non-hydrogen) atoms. The molecule has 1 aromatic carbocycles. The minimum Gasteiger partial charge on any atom is -0.508 e. The Balaban J connectivity index is 2.08. The van der Waals surface area contributed by atoms with E-state index in [1.165, 1.54) is 56.5 Å². The number of allylic oxidation sites excluding steroid dienone is 4. The van der Waals surface area contributed by atoms with Gasteiger partial charge in [0.2, 0.25) is 11.8 Å². The van der Waals surface area contributed by atoms with Gasteiger partial charge in [-0.1, -0.05) is 69.4 Å². The number of phenols is 1. The largest absolute Gasteiger partial charge is 0.508 e. The fourth-order valence-corrected chi connectivity index (χ4v) is 6.63. The standard InChI is InChI=1S/C43H61N5O11/c1-26(2)38-41(55)44-34(25-30-15-12-16-31(50)24-30)42(56)48-23-13-17-33(46-48)43(57)59-36(27(3)14-11-20-37(52)47(6)58-7)19-10-8-9-18-35(51)29(5)39(53)32(40(54)45-38)22-21-28(4)49/h8-12,14-16,18,20,24,26,29,32-36,38-39,46,50-51,53H,13,17,19,21-23,25H2,1-7H3,(H,44,55)(H,45,54)/t29-,32+,33?,34-,35-,36-,38-,39+/m0/s1. The second-order valence-electron chi connectivity index (χ2n) is 15.4. The van der Waals surface area contributed by atoms with Gasteiger partial charge >= 0.3 is 5.97 Å². The lowest BCUT2D eigenvalue weighted by atomic mass is 9.84. The highest BCUT2D eigenvalue weighted by atomic mass is 16.7. The average Bonchev–Trinajstić information content (AvgIpc) is 3.20. The zero-order valence-electron chi connectivity index (χ0n) is 35.0. The van der Waals surface area contributed by atoms with Gasteiger partial charge in [0.25, 0.3) is 11.8 Å². The smallest absolute Gasteiger partial charge is 0.325 e. The van der Waals surface area contributed by atoms with Gasteiger partial charge in [-0.25, -0.2) is 10.5 Å². The number of hydrazine groups is 1. The molecule has 3 rings (SSSR count). The Bertz CT molecular complexity index is 1760. The van der Waals surface area contributed by atoms with Crippen LogP contribution in [0.1, 0.15) is 72.3 Å². The fourth-order valence-electron chi connectivity index (χ4n) is 6.63. The molecule has 2 heterocycles. The van der Waals surface area contributed by atoms with Gasteiger partial charge in [-0.3, -0.25) is 33.8 Å². The number of amides is 4. The number of hydrogen-bond donors (Lipinski definition) is 6. The number of nitrogens with zero attached hydrogens (tertiary/aromatic N) is 2. The van der Waals surface area contributed by atoms with Gasteiger partial charge in [-0.15, -0.1) is 0 Å². The van der Waals surface area contributed by atoms with Crippen LogP contribution in [0, 0.1) is 17.8 Å². The van der Waals surface area contributed by atoms with E-state index in [1.807, 2.05) is 0 Å². The molecule has 2 aliphatic heterocycles. The fraction of sp³-hybridized carbons (Fsp3) is 0.535. The van der Waals surface area contributed by atoms with Crippen molar-refractivity contribution in [2.45, 2.75) is 110 Å². The molecule has 16 heteroatoms. The van der Waals surface area contributed by atoms with Crippen LogP contribution in [0.3, 0.4) is 0 Å².